The zero-order chi connectivity index (χ0) is 11.4. The number of ether oxygens (including phenoxy) is 1. The van der Waals surface area contributed by atoms with Gasteiger partial charge in [-0.2, -0.15) is 0 Å². The lowest BCUT2D eigenvalue weighted by Crippen LogP contribution is -2.34. The van der Waals surface area contributed by atoms with Crippen molar-refractivity contribution in [3.63, 3.8) is 0 Å². The molecule has 1 rings (SSSR count). The van der Waals surface area contributed by atoms with Crippen molar-refractivity contribution < 1.29 is 9.84 Å². The van der Waals surface area contributed by atoms with Crippen LogP contribution in [0.2, 0.25) is 0 Å². The summed E-state index contributed by atoms with van der Waals surface area (Å²) in [5.74, 6) is 1.74. The van der Waals surface area contributed by atoms with Gasteiger partial charge in [0.2, 0.25) is 0 Å². The van der Waals surface area contributed by atoms with Gasteiger partial charge >= 0.3 is 0 Å². The first-order chi connectivity index (χ1) is 6.99. The topological polar surface area (TPSA) is 32.7 Å². The normalized spacial score (nSPS) is 27.4. The molecule has 3 nitrogen and oxygen atoms in total. The van der Waals surface area contributed by atoms with Crippen LogP contribution in [0.3, 0.4) is 0 Å². The Labute approximate surface area is 93.4 Å². The number of hydrogen-bond donors (Lipinski definition) is 1. The molecular formula is C12H25NO2. The summed E-state index contributed by atoms with van der Waals surface area (Å²) < 4.78 is 5.37. The van der Waals surface area contributed by atoms with Crippen LogP contribution in [0.4, 0.5) is 0 Å². The second kappa shape index (κ2) is 5.83. The van der Waals surface area contributed by atoms with Gasteiger partial charge in [-0.05, 0) is 39.2 Å². The van der Waals surface area contributed by atoms with Gasteiger partial charge in [-0.15, -0.1) is 0 Å². The summed E-state index contributed by atoms with van der Waals surface area (Å²) in [6, 6.07) is 0. The van der Waals surface area contributed by atoms with Gasteiger partial charge in [0.1, 0.15) is 0 Å². The largest absolute Gasteiger partial charge is 0.389 e. The molecule has 0 saturated heterocycles. The first kappa shape index (κ1) is 12.9. The Morgan fingerprint density at radius 1 is 1.47 bits per heavy atom. The van der Waals surface area contributed by atoms with Gasteiger partial charge in [0.05, 0.1) is 18.8 Å². The van der Waals surface area contributed by atoms with Crippen molar-refractivity contribution in [2.75, 3.05) is 26.7 Å². The van der Waals surface area contributed by atoms with E-state index in [4.69, 9.17) is 4.74 Å². The van der Waals surface area contributed by atoms with Crippen LogP contribution in [0.25, 0.3) is 0 Å². The van der Waals surface area contributed by atoms with E-state index in [1.54, 1.807) is 0 Å². The van der Waals surface area contributed by atoms with E-state index in [0.717, 1.165) is 24.9 Å². The van der Waals surface area contributed by atoms with E-state index in [-0.39, 0.29) is 12.2 Å². The first-order valence-electron chi connectivity index (χ1n) is 5.97. The van der Waals surface area contributed by atoms with Gasteiger partial charge in [-0.25, -0.2) is 0 Å². The lowest BCUT2D eigenvalue weighted by atomic mass is 10.3. The molecule has 90 valence electrons. The molecule has 3 unspecified atom stereocenters. The van der Waals surface area contributed by atoms with Gasteiger partial charge < -0.3 is 14.7 Å². The van der Waals surface area contributed by atoms with Crippen molar-refractivity contribution in [3.05, 3.63) is 0 Å². The Hall–Kier alpha value is -0.120. The van der Waals surface area contributed by atoms with Gasteiger partial charge in [0.15, 0.2) is 0 Å². The van der Waals surface area contributed by atoms with Crippen molar-refractivity contribution in [1.29, 1.82) is 0 Å². The third-order valence-corrected chi connectivity index (χ3v) is 2.97. The molecule has 1 saturated carbocycles. The van der Waals surface area contributed by atoms with Crippen LogP contribution in [0.5, 0.6) is 0 Å². The number of likely N-dealkylation sites (N-methyl/N-ethyl adjacent to an activating group) is 1. The number of nitrogens with zero attached hydrogens (tertiary/aromatic N) is 1. The van der Waals surface area contributed by atoms with E-state index < -0.39 is 0 Å². The predicted octanol–water partition coefficient (Wildman–Crippen LogP) is 1.36. The molecule has 0 aromatic heterocycles. The highest BCUT2D eigenvalue weighted by atomic mass is 16.5. The number of aliphatic hydroxyl groups excluding tert-OH is 1. The summed E-state index contributed by atoms with van der Waals surface area (Å²) in [7, 11) is 2.07. The van der Waals surface area contributed by atoms with E-state index >= 15 is 0 Å². The minimum Gasteiger partial charge on any atom is -0.389 e. The number of aliphatic hydroxyl groups is 1. The maximum Gasteiger partial charge on any atom is 0.0900 e. The molecule has 0 aromatic carbocycles. The van der Waals surface area contributed by atoms with Gasteiger partial charge in [-0.3, -0.25) is 0 Å². The number of rotatable bonds is 7. The van der Waals surface area contributed by atoms with Crippen LogP contribution in [-0.4, -0.2) is 49.0 Å². The van der Waals surface area contributed by atoms with Gasteiger partial charge in [-0.1, -0.05) is 6.92 Å². The predicted molar refractivity (Wildman–Crippen MR) is 61.9 cm³/mol. The molecule has 0 bridgehead atoms. The van der Waals surface area contributed by atoms with Crippen LogP contribution < -0.4 is 0 Å². The summed E-state index contributed by atoms with van der Waals surface area (Å²) in [5.41, 5.74) is 0. The SMILES string of the molecule is CC(C)OCC(O)CN(C)CC1CC1C. The molecule has 0 radical (unpaired) electrons. The molecule has 0 aliphatic heterocycles. The maximum atomic E-state index is 9.70. The minimum atomic E-state index is -0.355. The second-order valence-corrected chi connectivity index (χ2v) is 5.23. The van der Waals surface area contributed by atoms with E-state index in [0.29, 0.717) is 6.61 Å². The lowest BCUT2D eigenvalue weighted by Gasteiger charge is -2.21. The fraction of sp³-hybridized carbons (Fsp3) is 1.00. The zero-order valence-electron chi connectivity index (χ0n) is 10.4. The van der Waals surface area contributed by atoms with E-state index in [9.17, 15) is 5.11 Å². The molecule has 1 aliphatic carbocycles. The molecule has 0 aromatic rings. The van der Waals surface area contributed by atoms with Crippen LogP contribution in [-0.2, 0) is 4.74 Å². The molecule has 3 atom stereocenters. The summed E-state index contributed by atoms with van der Waals surface area (Å²) in [4.78, 5) is 2.21. The van der Waals surface area contributed by atoms with Crippen molar-refractivity contribution in [3.8, 4) is 0 Å². The molecule has 1 aliphatic rings. The second-order valence-electron chi connectivity index (χ2n) is 5.23. The van der Waals surface area contributed by atoms with E-state index in [1.165, 1.54) is 6.42 Å². The first-order valence-corrected chi connectivity index (χ1v) is 5.97. The third-order valence-electron chi connectivity index (χ3n) is 2.97. The van der Waals surface area contributed by atoms with E-state index in [2.05, 4.69) is 18.9 Å². The Balaban J connectivity index is 2.05. The zero-order valence-corrected chi connectivity index (χ0v) is 10.4. The summed E-state index contributed by atoms with van der Waals surface area (Å²) in [6.07, 6.45) is 1.20. The van der Waals surface area contributed by atoms with E-state index in [1.807, 2.05) is 13.8 Å². The van der Waals surface area contributed by atoms with Crippen molar-refractivity contribution >= 4 is 0 Å². The van der Waals surface area contributed by atoms with Gasteiger partial charge in [0.25, 0.3) is 0 Å². The van der Waals surface area contributed by atoms with Crippen molar-refractivity contribution in [1.82, 2.24) is 4.90 Å². The van der Waals surface area contributed by atoms with Crippen LogP contribution in [0.1, 0.15) is 27.2 Å². The van der Waals surface area contributed by atoms with Gasteiger partial charge in [0, 0.05) is 13.1 Å². The Bertz CT molecular complexity index is 184. The summed E-state index contributed by atoms with van der Waals surface area (Å²) >= 11 is 0. The Morgan fingerprint density at radius 3 is 2.53 bits per heavy atom. The summed E-state index contributed by atoms with van der Waals surface area (Å²) in [5, 5.41) is 9.70. The highest BCUT2D eigenvalue weighted by Crippen LogP contribution is 2.37. The molecular weight excluding hydrogens is 190 g/mol. The molecule has 0 heterocycles. The van der Waals surface area contributed by atoms with Crippen LogP contribution >= 0.6 is 0 Å². The monoisotopic (exact) mass is 215 g/mol. The fourth-order valence-corrected chi connectivity index (χ4v) is 1.84. The molecule has 15 heavy (non-hydrogen) atoms. The molecule has 0 spiro atoms. The van der Waals surface area contributed by atoms with Crippen molar-refractivity contribution in [2.45, 2.75) is 39.4 Å². The highest BCUT2D eigenvalue weighted by molar-refractivity contribution is 4.84. The maximum absolute atomic E-state index is 9.70. The highest BCUT2D eigenvalue weighted by Gasteiger charge is 2.33. The minimum absolute atomic E-state index is 0.202. The number of hydrogen-bond acceptors (Lipinski definition) is 3. The summed E-state index contributed by atoms with van der Waals surface area (Å²) in [6.45, 7) is 8.54. The third kappa shape index (κ3) is 5.50. The Kier molecular flexibility index (Phi) is 5.03. The Morgan fingerprint density at radius 2 is 2.07 bits per heavy atom. The quantitative estimate of drug-likeness (QED) is 0.696. The standard InChI is InChI=1S/C12H25NO2/c1-9(2)15-8-12(14)7-13(4)6-11-5-10(11)3/h9-12,14H,5-8H2,1-4H3. The average molecular weight is 215 g/mol. The molecule has 3 heteroatoms. The van der Waals surface area contributed by atoms with Crippen LogP contribution in [0.15, 0.2) is 0 Å². The molecule has 1 fully saturated rings. The average Bonchev–Trinajstić information content (AvgIpc) is 2.78. The van der Waals surface area contributed by atoms with Crippen molar-refractivity contribution in [2.24, 2.45) is 11.8 Å². The molecule has 1 N–H and O–H groups in total. The lowest BCUT2D eigenvalue weighted by molar-refractivity contribution is -0.00604. The fourth-order valence-electron chi connectivity index (χ4n) is 1.84. The smallest absolute Gasteiger partial charge is 0.0900 e. The molecule has 0 amide bonds. The van der Waals surface area contributed by atoms with Crippen LogP contribution in [0, 0.1) is 11.8 Å².